The molecule has 1 amide bonds. The third-order valence-electron chi connectivity index (χ3n) is 3.54. The Morgan fingerprint density at radius 3 is 2.91 bits per heavy atom. The summed E-state index contributed by atoms with van der Waals surface area (Å²) in [5.41, 5.74) is 1.69. The first kappa shape index (κ1) is 13.7. The highest BCUT2D eigenvalue weighted by molar-refractivity contribution is 7.16. The van der Waals surface area contributed by atoms with E-state index in [4.69, 9.17) is 0 Å². The average Bonchev–Trinajstić information content (AvgIpc) is 3.28. The van der Waals surface area contributed by atoms with Crippen molar-refractivity contribution in [2.45, 2.75) is 6.54 Å². The number of aromatic nitrogens is 4. The van der Waals surface area contributed by atoms with Crippen LogP contribution < -0.4 is 5.32 Å². The van der Waals surface area contributed by atoms with Gasteiger partial charge in [-0.25, -0.2) is 0 Å². The molecule has 0 bridgehead atoms. The second kappa shape index (κ2) is 5.69. The number of rotatable bonds is 4. The molecule has 1 aromatic carbocycles. The third kappa shape index (κ3) is 2.74. The number of hydrogen-bond donors (Lipinski definition) is 2. The number of thiophene rings is 1. The van der Waals surface area contributed by atoms with Crippen LogP contribution >= 0.6 is 11.3 Å². The fourth-order valence-electron chi connectivity index (χ4n) is 2.37. The van der Waals surface area contributed by atoms with Crippen molar-refractivity contribution in [1.29, 1.82) is 0 Å². The maximum atomic E-state index is 12.3. The molecule has 0 aliphatic rings. The van der Waals surface area contributed by atoms with Crippen molar-refractivity contribution < 1.29 is 4.79 Å². The molecule has 0 radical (unpaired) electrons. The van der Waals surface area contributed by atoms with Crippen molar-refractivity contribution in [3.63, 3.8) is 0 Å². The summed E-state index contributed by atoms with van der Waals surface area (Å²) in [4.78, 5) is 13.2. The first-order chi connectivity index (χ1) is 11.3. The quantitative estimate of drug-likeness (QED) is 0.606. The van der Waals surface area contributed by atoms with E-state index in [1.807, 2.05) is 52.7 Å². The molecule has 0 saturated carbocycles. The van der Waals surface area contributed by atoms with E-state index in [0.29, 0.717) is 17.9 Å². The van der Waals surface area contributed by atoms with Crippen molar-refractivity contribution in [2.75, 3.05) is 5.32 Å². The van der Waals surface area contributed by atoms with Crippen LogP contribution in [0.25, 0.3) is 10.2 Å². The van der Waals surface area contributed by atoms with E-state index in [1.54, 1.807) is 6.20 Å². The standard InChI is InChI=1S/C16H13N5OS/c22-15(18-14-13-6-9-23-16(13)20-19-14)12-4-2-11(3-5-12)10-21-8-1-7-17-21/h1-9H,10H2,(H2,18,19,20,22). The summed E-state index contributed by atoms with van der Waals surface area (Å²) in [6, 6.07) is 11.3. The Hall–Kier alpha value is -2.93. The van der Waals surface area contributed by atoms with Crippen molar-refractivity contribution in [1.82, 2.24) is 20.0 Å². The number of anilines is 1. The predicted octanol–water partition coefficient (Wildman–Crippen LogP) is 3.12. The molecule has 4 rings (SSSR count). The van der Waals surface area contributed by atoms with Crippen LogP contribution in [0.1, 0.15) is 15.9 Å². The van der Waals surface area contributed by atoms with Gasteiger partial charge in [-0.15, -0.1) is 11.3 Å². The first-order valence-electron chi connectivity index (χ1n) is 7.09. The van der Waals surface area contributed by atoms with Gasteiger partial charge in [0.2, 0.25) is 0 Å². The first-order valence-corrected chi connectivity index (χ1v) is 7.97. The Morgan fingerprint density at radius 1 is 1.26 bits per heavy atom. The van der Waals surface area contributed by atoms with Gasteiger partial charge < -0.3 is 5.32 Å². The van der Waals surface area contributed by atoms with Crippen molar-refractivity contribution in [3.8, 4) is 0 Å². The second-order valence-electron chi connectivity index (χ2n) is 5.09. The number of hydrogen-bond acceptors (Lipinski definition) is 4. The Balaban J connectivity index is 1.49. The number of fused-ring (bicyclic) bond motifs is 1. The second-order valence-corrected chi connectivity index (χ2v) is 5.99. The van der Waals surface area contributed by atoms with Gasteiger partial charge in [-0.2, -0.15) is 10.2 Å². The van der Waals surface area contributed by atoms with Crippen LogP contribution in [0.15, 0.2) is 54.2 Å². The molecule has 0 atom stereocenters. The van der Waals surface area contributed by atoms with Crippen molar-refractivity contribution >= 4 is 33.3 Å². The monoisotopic (exact) mass is 323 g/mol. The highest BCUT2D eigenvalue weighted by Crippen LogP contribution is 2.25. The summed E-state index contributed by atoms with van der Waals surface area (Å²) in [5.74, 6) is 0.472. The zero-order valence-electron chi connectivity index (χ0n) is 12.1. The molecular weight excluding hydrogens is 310 g/mol. The number of carbonyl (C=O) groups excluding carboxylic acids is 1. The molecule has 0 aliphatic heterocycles. The SMILES string of the molecule is O=C(Nc1[nH]nc2sccc12)c1ccc(Cn2cccn2)cc1. The fourth-order valence-corrected chi connectivity index (χ4v) is 3.10. The van der Waals surface area contributed by atoms with Crippen LogP contribution in [0, 0.1) is 0 Å². The van der Waals surface area contributed by atoms with Gasteiger partial charge >= 0.3 is 0 Å². The van der Waals surface area contributed by atoms with Crippen molar-refractivity contribution in [3.05, 3.63) is 65.3 Å². The number of nitrogens with one attached hydrogen (secondary N) is 2. The molecule has 0 unspecified atom stereocenters. The molecule has 3 aromatic heterocycles. The lowest BCUT2D eigenvalue weighted by molar-refractivity contribution is 0.102. The van der Waals surface area contributed by atoms with Crippen LogP contribution in [0.3, 0.4) is 0 Å². The van der Waals surface area contributed by atoms with Gasteiger partial charge in [0.25, 0.3) is 5.91 Å². The van der Waals surface area contributed by atoms with Crippen LogP contribution in [0.4, 0.5) is 5.82 Å². The van der Waals surface area contributed by atoms with Gasteiger partial charge in [-0.05, 0) is 35.2 Å². The molecule has 114 valence electrons. The molecule has 4 aromatic rings. The maximum Gasteiger partial charge on any atom is 0.256 e. The van der Waals surface area contributed by atoms with Crippen LogP contribution in [-0.2, 0) is 6.54 Å². The largest absolute Gasteiger partial charge is 0.306 e. The van der Waals surface area contributed by atoms with Gasteiger partial charge in [0.05, 0.1) is 11.9 Å². The van der Waals surface area contributed by atoms with Crippen LogP contribution in [0.2, 0.25) is 0 Å². The van der Waals surface area contributed by atoms with E-state index < -0.39 is 0 Å². The minimum absolute atomic E-state index is 0.160. The van der Waals surface area contributed by atoms with Crippen LogP contribution in [0.5, 0.6) is 0 Å². The summed E-state index contributed by atoms with van der Waals surface area (Å²) in [5, 5.41) is 16.9. The van der Waals surface area contributed by atoms with Crippen LogP contribution in [-0.4, -0.2) is 25.9 Å². The van der Waals surface area contributed by atoms with Gasteiger partial charge in [0, 0.05) is 18.0 Å². The fraction of sp³-hybridized carbons (Fsp3) is 0.0625. The zero-order valence-corrected chi connectivity index (χ0v) is 12.9. The van der Waals surface area contributed by atoms with E-state index in [9.17, 15) is 4.79 Å². The highest BCUT2D eigenvalue weighted by Gasteiger charge is 2.11. The van der Waals surface area contributed by atoms with E-state index in [0.717, 1.165) is 15.8 Å². The van der Waals surface area contributed by atoms with Gasteiger partial charge in [0.15, 0.2) is 0 Å². The minimum atomic E-state index is -0.160. The molecule has 3 heterocycles. The van der Waals surface area contributed by atoms with E-state index in [1.165, 1.54) is 11.3 Å². The summed E-state index contributed by atoms with van der Waals surface area (Å²) in [7, 11) is 0. The number of benzene rings is 1. The Kier molecular flexibility index (Phi) is 3.39. The van der Waals surface area contributed by atoms with E-state index in [-0.39, 0.29) is 5.91 Å². The maximum absolute atomic E-state index is 12.3. The highest BCUT2D eigenvalue weighted by atomic mass is 32.1. The zero-order chi connectivity index (χ0) is 15.6. The summed E-state index contributed by atoms with van der Waals surface area (Å²) in [6.07, 6.45) is 3.66. The third-order valence-corrected chi connectivity index (χ3v) is 4.35. The molecule has 0 aliphatic carbocycles. The summed E-state index contributed by atoms with van der Waals surface area (Å²) in [6.45, 7) is 0.685. The Bertz CT molecular complexity index is 937. The number of carbonyl (C=O) groups is 1. The molecule has 7 heteroatoms. The predicted molar refractivity (Wildman–Crippen MR) is 89.7 cm³/mol. The van der Waals surface area contributed by atoms with Crippen molar-refractivity contribution in [2.24, 2.45) is 0 Å². The van der Waals surface area contributed by atoms with E-state index in [2.05, 4.69) is 20.6 Å². The lowest BCUT2D eigenvalue weighted by atomic mass is 10.1. The summed E-state index contributed by atoms with van der Waals surface area (Å²) >= 11 is 1.53. The molecular formula is C16H13N5OS. The van der Waals surface area contributed by atoms with Gasteiger partial charge in [-0.3, -0.25) is 14.6 Å². The topological polar surface area (TPSA) is 75.6 Å². The molecule has 0 saturated heterocycles. The molecule has 0 spiro atoms. The van der Waals surface area contributed by atoms with Gasteiger partial charge in [0.1, 0.15) is 10.6 Å². The minimum Gasteiger partial charge on any atom is -0.306 e. The number of amides is 1. The van der Waals surface area contributed by atoms with Gasteiger partial charge in [-0.1, -0.05) is 12.1 Å². The van der Waals surface area contributed by atoms with E-state index >= 15 is 0 Å². The molecule has 6 nitrogen and oxygen atoms in total. The molecule has 2 N–H and O–H groups in total. The average molecular weight is 323 g/mol. The smallest absolute Gasteiger partial charge is 0.256 e. The molecule has 0 fully saturated rings. The number of nitrogens with zero attached hydrogens (tertiary/aromatic N) is 3. The molecule has 23 heavy (non-hydrogen) atoms. The lowest BCUT2D eigenvalue weighted by Gasteiger charge is -2.05. The Labute approximate surface area is 135 Å². The Morgan fingerprint density at radius 2 is 2.13 bits per heavy atom. The lowest BCUT2D eigenvalue weighted by Crippen LogP contribution is -2.12. The normalized spacial score (nSPS) is 11.0. The number of aromatic amines is 1. The number of H-pyrrole nitrogens is 1. The summed E-state index contributed by atoms with van der Waals surface area (Å²) < 4.78 is 1.84.